The highest BCUT2D eigenvalue weighted by Gasteiger charge is 2.32. The van der Waals surface area contributed by atoms with E-state index in [0.29, 0.717) is 43.2 Å². The molecule has 2 aliphatic heterocycles. The first kappa shape index (κ1) is 31.8. The van der Waals surface area contributed by atoms with Crippen molar-refractivity contribution in [2.45, 2.75) is 32.2 Å². The van der Waals surface area contributed by atoms with Crippen molar-refractivity contribution in [3.05, 3.63) is 108 Å². The third-order valence-corrected chi connectivity index (χ3v) is 9.05. The van der Waals surface area contributed by atoms with Crippen LogP contribution < -0.4 is 15.1 Å². The number of piperidine rings is 1. The molecule has 2 N–H and O–H groups in total. The maximum Gasteiger partial charge on any atom is 0.326 e. The molecule has 0 spiro atoms. The summed E-state index contributed by atoms with van der Waals surface area (Å²) < 4.78 is 21.2. The van der Waals surface area contributed by atoms with Gasteiger partial charge in [-0.3, -0.25) is 9.59 Å². The van der Waals surface area contributed by atoms with Crippen LogP contribution in [0.4, 0.5) is 15.8 Å². The third kappa shape index (κ3) is 7.48. The van der Waals surface area contributed by atoms with Gasteiger partial charge in [0.25, 0.3) is 5.91 Å². The fraction of sp³-hybridized carbons (Fsp3) is 0.324. The summed E-state index contributed by atoms with van der Waals surface area (Å²) in [6.45, 7) is 5.88. The van der Waals surface area contributed by atoms with Crippen LogP contribution in [-0.4, -0.2) is 73.1 Å². The number of anilines is 2. The Balaban J connectivity index is 1.05. The molecule has 10 heteroatoms. The molecular formula is C37H39FN4O5. The molecule has 2 atom stereocenters. The number of benzene rings is 3. The van der Waals surface area contributed by atoms with E-state index in [1.165, 1.54) is 12.1 Å². The molecule has 2 amide bonds. The minimum absolute atomic E-state index is 0.0133. The number of piperazine rings is 1. The van der Waals surface area contributed by atoms with Crippen molar-refractivity contribution in [3.8, 4) is 11.3 Å². The van der Waals surface area contributed by atoms with Crippen LogP contribution in [0.2, 0.25) is 0 Å². The number of aliphatic carboxylic acids is 1. The van der Waals surface area contributed by atoms with Gasteiger partial charge >= 0.3 is 5.97 Å². The number of carboxylic acid groups (broad SMARTS) is 1. The quantitative estimate of drug-likeness (QED) is 0.254. The van der Waals surface area contributed by atoms with Crippen LogP contribution in [0.1, 0.15) is 34.5 Å². The third-order valence-electron chi connectivity index (χ3n) is 9.05. The van der Waals surface area contributed by atoms with Crippen LogP contribution in [0, 0.1) is 18.7 Å². The monoisotopic (exact) mass is 638 g/mol. The average Bonchev–Trinajstić information content (AvgIpc) is 3.59. The minimum atomic E-state index is -1.29. The maximum absolute atomic E-state index is 15.5. The topological polar surface area (TPSA) is 106 Å². The molecule has 4 aromatic rings. The van der Waals surface area contributed by atoms with Gasteiger partial charge in [0.15, 0.2) is 5.76 Å². The highest BCUT2D eigenvalue weighted by Crippen LogP contribution is 2.29. The number of aryl methyl sites for hydroxylation is 1. The van der Waals surface area contributed by atoms with E-state index in [1.807, 2.05) is 59.2 Å². The highest BCUT2D eigenvalue weighted by molar-refractivity contribution is 5.94. The summed E-state index contributed by atoms with van der Waals surface area (Å²) in [5.74, 6) is -2.02. The number of furan rings is 1. The largest absolute Gasteiger partial charge is 0.480 e. The molecule has 47 heavy (non-hydrogen) atoms. The van der Waals surface area contributed by atoms with Crippen molar-refractivity contribution in [1.29, 1.82) is 0 Å². The van der Waals surface area contributed by atoms with Gasteiger partial charge < -0.3 is 29.5 Å². The summed E-state index contributed by atoms with van der Waals surface area (Å²) >= 11 is 0. The minimum Gasteiger partial charge on any atom is -0.480 e. The van der Waals surface area contributed by atoms with E-state index in [2.05, 4.69) is 22.3 Å². The Labute approximate surface area is 273 Å². The Bertz CT molecular complexity index is 1720. The second-order valence-corrected chi connectivity index (χ2v) is 12.3. The molecule has 0 saturated carbocycles. The van der Waals surface area contributed by atoms with E-state index in [4.69, 9.17) is 4.42 Å². The Hall–Kier alpha value is -5.12. The van der Waals surface area contributed by atoms with E-state index in [1.54, 1.807) is 18.2 Å². The molecule has 0 aliphatic carbocycles. The molecule has 0 bridgehead atoms. The number of carbonyl (C=O) groups excluding carboxylic acids is 2. The van der Waals surface area contributed by atoms with Crippen molar-refractivity contribution in [2.75, 3.05) is 49.1 Å². The molecule has 0 radical (unpaired) electrons. The van der Waals surface area contributed by atoms with Gasteiger partial charge in [0.2, 0.25) is 5.91 Å². The lowest BCUT2D eigenvalue weighted by Crippen LogP contribution is -2.52. The number of carboxylic acids is 1. The zero-order chi connectivity index (χ0) is 32.9. The lowest BCUT2D eigenvalue weighted by atomic mass is 9.95. The number of hydrogen-bond donors (Lipinski definition) is 2. The van der Waals surface area contributed by atoms with Crippen molar-refractivity contribution in [1.82, 2.24) is 10.2 Å². The smallest absolute Gasteiger partial charge is 0.326 e. The van der Waals surface area contributed by atoms with Crippen LogP contribution in [0.25, 0.3) is 11.3 Å². The fourth-order valence-corrected chi connectivity index (χ4v) is 6.41. The molecule has 6 rings (SSSR count). The Morgan fingerprint density at radius 3 is 2.36 bits per heavy atom. The molecule has 2 saturated heterocycles. The standard InChI is InChI=1S/C37H39FN4O5/c1-25-9-12-27(13-10-25)33-15-16-34(47-33)35(43)39-31(37(45)46)23-26-11-14-32(30(38)22-26)42-17-5-6-28(24-42)36(44)41-20-18-40(19-21-41)29-7-3-2-4-8-29/h2-4,7-16,22,28,31H,5-6,17-21,23-24H2,1H3,(H,39,43)(H,45,46). The Morgan fingerprint density at radius 2 is 1.66 bits per heavy atom. The number of para-hydroxylation sites is 1. The molecule has 9 nitrogen and oxygen atoms in total. The summed E-state index contributed by atoms with van der Waals surface area (Å²) in [4.78, 5) is 44.5. The van der Waals surface area contributed by atoms with Crippen molar-refractivity contribution >= 4 is 29.2 Å². The lowest BCUT2D eigenvalue weighted by molar-refractivity contribution is -0.139. The summed E-state index contributed by atoms with van der Waals surface area (Å²) in [6, 6.07) is 24.3. The molecule has 244 valence electrons. The van der Waals surface area contributed by atoms with Crippen LogP contribution in [0.5, 0.6) is 0 Å². The van der Waals surface area contributed by atoms with Gasteiger partial charge in [-0.1, -0.05) is 54.1 Å². The highest BCUT2D eigenvalue weighted by atomic mass is 19.1. The van der Waals surface area contributed by atoms with E-state index in [9.17, 15) is 19.5 Å². The molecular weight excluding hydrogens is 599 g/mol. The number of nitrogens with zero attached hydrogens (tertiary/aromatic N) is 3. The van der Waals surface area contributed by atoms with E-state index < -0.39 is 23.7 Å². The van der Waals surface area contributed by atoms with Gasteiger partial charge in [-0.15, -0.1) is 0 Å². The maximum atomic E-state index is 15.5. The number of carbonyl (C=O) groups is 3. The van der Waals surface area contributed by atoms with Crippen molar-refractivity contribution in [2.24, 2.45) is 5.92 Å². The summed E-state index contributed by atoms with van der Waals surface area (Å²) in [5, 5.41) is 12.3. The number of amides is 2. The second-order valence-electron chi connectivity index (χ2n) is 12.3. The molecule has 2 aliphatic rings. The summed E-state index contributed by atoms with van der Waals surface area (Å²) in [6.07, 6.45) is 1.42. The first-order valence-corrected chi connectivity index (χ1v) is 16.1. The van der Waals surface area contributed by atoms with Gasteiger partial charge in [0, 0.05) is 56.9 Å². The zero-order valence-electron chi connectivity index (χ0n) is 26.4. The van der Waals surface area contributed by atoms with E-state index >= 15 is 4.39 Å². The van der Waals surface area contributed by atoms with Gasteiger partial charge in [-0.2, -0.15) is 0 Å². The van der Waals surface area contributed by atoms with Gasteiger partial charge in [-0.05, 0) is 61.7 Å². The van der Waals surface area contributed by atoms with Crippen LogP contribution in [0.3, 0.4) is 0 Å². The first-order chi connectivity index (χ1) is 22.7. The average molecular weight is 639 g/mol. The van der Waals surface area contributed by atoms with Crippen molar-refractivity contribution < 1.29 is 28.3 Å². The van der Waals surface area contributed by atoms with Crippen molar-refractivity contribution in [3.63, 3.8) is 0 Å². The van der Waals surface area contributed by atoms with Gasteiger partial charge in [-0.25, -0.2) is 9.18 Å². The molecule has 2 unspecified atom stereocenters. The fourth-order valence-electron chi connectivity index (χ4n) is 6.41. The van der Waals surface area contributed by atoms with Crippen LogP contribution in [-0.2, 0) is 16.0 Å². The summed E-state index contributed by atoms with van der Waals surface area (Å²) in [7, 11) is 0. The summed E-state index contributed by atoms with van der Waals surface area (Å²) in [5.41, 5.74) is 3.86. The Morgan fingerprint density at radius 1 is 0.915 bits per heavy atom. The number of hydrogen-bond acceptors (Lipinski definition) is 6. The molecule has 3 heterocycles. The number of nitrogens with one attached hydrogen (secondary N) is 1. The first-order valence-electron chi connectivity index (χ1n) is 16.1. The Kier molecular flexibility index (Phi) is 9.56. The van der Waals surface area contributed by atoms with E-state index in [0.717, 1.165) is 42.7 Å². The van der Waals surface area contributed by atoms with Crippen LogP contribution >= 0.6 is 0 Å². The molecule has 2 fully saturated rings. The molecule has 3 aromatic carbocycles. The number of halogens is 1. The van der Waals surface area contributed by atoms with Crippen LogP contribution in [0.15, 0.2) is 89.3 Å². The normalized spacial score (nSPS) is 17.3. The SMILES string of the molecule is Cc1ccc(-c2ccc(C(=O)NC(Cc3ccc(N4CCCC(C(=O)N5CCN(c6ccccc6)CC5)C4)c(F)c3)C(=O)O)o2)cc1. The van der Waals surface area contributed by atoms with Gasteiger partial charge in [0.1, 0.15) is 17.6 Å². The number of rotatable bonds is 9. The second kappa shape index (κ2) is 14.1. The predicted octanol–water partition coefficient (Wildman–Crippen LogP) is 5.39. The molecule has 1 aromatic heterocycles. The predicted molar refractivity (Wildman–Crippen MR) is 178 cm³/mol. The van der Waals surface area contributed by atoms with E-state index in [-0.39, 0.29) is 24.0 Å². The lowest BCUT2D eigenvalue weighted by Gasteiger charge is -2.40. The zero-order valence-corrected chi connectivity index (χ0v) is 26.4. The van der Waals surface area contributed by atoms with Gasteiger partial charge in [0.05, 0.1) is 11.6 Å².